The number of hydrogen-bond donors (Lipinski definition) is 0. The van der Waals surface area contributed by atoms with Gasteiger partial charge in [0, 0.05) is 0 Å². The minimum atomic E-state index is -1.64. The number of benzene rings is 2. The van der Waals surface area contributed by atoms with Gasteiger partial charge < -0.3 is 9.64 Å². The highest BCUT2D eigenvalue weighted by molar-refractivity contribution is 7.75. The molecule has 1 saturated carbocycles. The van der Waals surface area contributed by atoms with Crippen LogP contribution in [0.5, 0.6) is 11.5 Å². The van der Waals surface area contributed by atoms with Gasteiger partial charge in [-0.05, 0) is 43.5 Å². The number of ether oxygens (including phenoxy) is 1. The fourth-order valence-electron chi connectivity index (χ4n) is 3.91. The third kappa shape index (κ3) is 2.17. The average molecular weight is 343 g/mol. The highest BCUT2D eigenvalue weighted by atomic mass is 32.2. The van der Waals surface area contributed by atoms with Crippen LogP contribution in [0.2, 0.25) is 0 Å². The van der Waals surface area contributed by atoms with Crippen LogP contribution in [-0.2, 0) is 19.7 Å². The van der Waals surface area contributed by atoms with E-state index in [0.717, 1.165) is 42.1 Å². The molecular weight excluding hydrogens is 326 g/mol. The Morgan fingerprint density at radius 2 is 1.58 bits per heavy atom. The van der Waals surface area contributed by atoms with Crippen molar-refractivity contribution in [2.75, 3.05) is 4.90 Å². The van der Waals surface area contributed by atoms with Crippen molar-refractivity contribution in [1.29, 1.82) is 0 Å². The van der Waals surface area contributed by atoms with Crippen molar-refractivity contribution in [3.63, 3.8) is 0 Å². The summed E-state index contributed by atoms with van der Waals surface area (Å²) in [5.41, 5.74) is 2.03. The second-order valence-corrected chi connectivity index (χ2v) is 7.10. The normalized spacial score (nSPS) is 30.9. The summed E-state index contributed by atoms with van der Waals surface area (Å²) in [5, 5.41) is 0. The Hall–Kier alpha value is -1.89. The summed E-state index contributed by atoms with van der Waals surface area (Å²) in [5.74, 6) is 1.66. The van der Waals surface area contributed by atoms with Gasteiger partial charge in [0.2, 0.25) is 0 Å². The average Bonchev–Trinajstić information content (AvgIpc) is 3.00. The molecule has 4 atom stereocenters. The largest absolute Gasteiger partial charge is 0.453 e. The fourth-order valence-corrected chi connectivity index (χ4v) is 4.80. The van der Waals surface area contributed by atoms with Gasteiger partial charge in [0.1, 0.15) is 12.2 Å². The molecule has 2 heterocycles. The zero-order chi connectivity index (χ0) is 16.1. The molecule has 1 aliphatic carbocycles. The zero-order valence-corrected chi connectivity index (χ0v) is 13.8. The van der Waals surface area contributed by atoms with Crippen molar-refractivity contribution in [2.24, 2.45) is 0 Å². The van der Waals surface area contributed by atoms with Crippen molar-refractivity contribution in [3.8, 4) is 11.5 Å². The second-order valence-electron chi connectivity index (χ2n) is 6.31. The Morgan fingerprint density at radius 1 is 0.917 bits per heavy atom. The van der Waals surface area contributed by atoms with Gasteiger partial charge in [-0.25, -0.2) is 0 Å². The lowest BCUT2D eigenvalue weighted by atomic mass is 9.88. The minimum Gasteiger partial charge on any atom is -0.453 e. The molecule has 5 nitrogen and oxygen atoms in total. The molecule has 4 unspecified atom stereocenters. The molecule has 2 fully saturated rings. The van der Waals surface area contributed by atoms with E-state index in [1.165, 1.54) is 0 Å². The molecule has 0 N–H and O–H groups in total. The standard InChI is InChI=1S/C18H17NO4S/c20-24-22-17-11-5-8-14(18(17)23-24)19-12-6-1-3-9-15(12)21-16-10-4-2-7-13(16)19/h1-4,6-7,9-10,14,17-18H,5,8,11H2. The van der Waals surface area contributed by atoms with Crippen molar-refractivity contribution >= 4 is 22.7 Å². The summed E-state index contributed by atoms with van der Waals surface area (Å²) in [7, 11) is 0. The quantitative estimate of drug-likeness (QED) is 0.787. The fraction of sp³-hybridized carbons (Fsp3) is 0.333. The summed E-state index contributed by atoms with van der Waals surface area (Å²) in [6.07, 6.45) is 2.57. The Bertz CT molecular complexity index is 766. The molecule has 3 aliphatic rings. The highest BCUT2D eigenvalue weighted by Gasteiger charge is 2.47. The lowest BCUT2D eigenvalue weighted by Crippen LogP contribution is -2.49. The molecule has 124 valence electrons. The van der Waals surface area contributed by atoms with Gasteiger partial charge in [-0.1, -0.05) is 24.3 Å². The molecular formula is C18H17NO4S. The predicted octanol–water partition coefficient (Wildman–Crippen LogP) is 3.85. The first-order chi connectivity index (χ1) is 11.8. The third-order valence-electron chi connectivity index (χ3n) is 4.93. The Balaban J connectivity index is 1.63. The van der Waals surface area contributed by atoms with Crippen LogP contribution in [0.4, 0.5) is 11.4 Å². The predicted molar refractivity (Wildman–Crippen MR) is 90.6 cm³/mol. The molecule has 0 spiro atoms. The summed E-state index contributed by atoms with van der Waals surface area (Å²) >= 11 is -1.64. The highest BCUT2D eigenvalue weighted by Crippen LogP contribution is 2.50. The van der Waals surface area contributed by atoms with E-state index in [9.17, 15) is 4.21 Å². The van der Waals surface area contributed by atoms with Crippen molar-refractivity contribution in [1.82, 2.24) is 0 Å². The summed E-state index contributed by atoms with van der Waals surface area (Å²) in [6.45, 7) is 0. The first-order valence-corrected chi connectivity index (χ1v) is 9.22. The minimum absolute atomic E-state index is 0.0707. The van der Waals surface area contributed by atoms with Crippen molar-refractivity contribution in [2.45, 2.75) is 37.5 Å². The van der Waals surface area contributed by atoms with Gasteiger partial charge in [0.25, 0.3) is 0 Å². The van der Waals surface area contributed by atoms with Gasteiger partial charge in [0.05, 0.1) is 17.4 Å². The maximum Gasteiger partial charge on any atom is 0.305 e. The molecule has 6 heteroatoms. The van der Waals surface area contributed by atoms with Gasteiger partial charge in [-0.2, -0.15) is 4.21 Å². The monoisotopic (exact) mass is 343 g/mol. The molecule has 5 rings (SSSR count). The van der Waals surface area contributed by atoms with Crippen molar-refractivity contribution < 1.29 is 17.3 Å². The first-order valence-electron chi connectivity index (χ1n) is 8.22. The second kappa shape index (κ2) is 5.58. The number of anilines is 2. The van der Waals surface area contributed by atoms with Crippen LogP contribution in [0.3, 0.4) is 0 Å². The van der Waals surface area contributed by atoms with E-state index in [0.29, 0.717) is 0 Å². The van der Waals surface area contributed by atoms with Gasteiger partial charge in [-0.3, -0.25) is 8.37 Å². The number of hydrogen-bond acceptors (Lipinski definition) is 5. The van der Waals surface area contributed by atoms with Gasteiger partial charge in [0.15, 0.2) is 11.5 Å². The maximum atomic E-state index is 11.8. The summed E-state index contributed by atoms with van der Waals surface area (Å²) in [6, 6.07) is 16.1. The molecule has 24 heavy (non-hydrogen) atoms. The van der Waals surface area contributed by atoms with E-state index in [-0.39, 0.29) is 18.2 Å². The molecule has 0 bridgehead atoms. The molecule has 2 aromatic carbocycles. The van der Waals surface area contributed by atoms with E-state index in [4.69, 9.17) is 13.1 Å². The molecule has 0 amide bonds. The smallest absolute Gasteiger partial charge is 0.305 e. The molecule has 0 aromatic heterocycles. The zero-order valence-electron chi connectivity index (χ0n) is 13.0. The lowest BCUT2D eigenvalue weighted by molar-refractivity contribution is 0.0915. The molecule has 1 saturated heterocycles. The van der Waals surface area contributed by atoms with E-state index >= 15 is 0 Å². The molecule has 0 radical (unpaired) electrons. The molecule has 2 aliphatic heterocycles. The van der Waals surface area contributed by atoms with Gasteiger partial charge in [-0.15, -0.1) is 0 Å². The van der Waals surface area contributed by atoms with Crippen LogP contribution in [0.1, 0.15) is 19.3 Å². The van der Waals surface area contributed by atoms with Crippen LogP contribution in [0, 0.1) is 0 Å². The Kier molecular flexibility index (Phi) is 3.36. The Morgan fingerprint density at radius 3 is 2.29 bits per heavy atom. The van der Waals surface area contributed by atoms with Crippen molar-refractivity contribution in [3.05, 3.63) is 48.5 Å². The van der Waals surface area contributed by atoms with Gasteiger partial charge >= 0.3 is 11.4 Å². The number of para-hydroxylation sites is 4. The van der Waals surface area contributed by atoms with E-state index in [1.54, 1.807) is 0 Å². The number of nitrogens with zero attached hydrogens (tertiary/aromatic N) is 1. The Labute approximate surface area is 143 Å². The van der Waals surface area contributed by atoms with Crippen LogP contribution < -0.4 is 9.64 Å². The van der Waals surface area contributed by atoms with Crippen LogP contribution in [0.15, 0.2) is 48.5 Å². The number of rotatable bonds is 1. The van der Waals surface area contributed by atoms with E-state index in [2.05, 4.69) is 17.0 Å². The topological polar surface area (TPSA) is 48.0 Å². The van der Waals surface area contributed by atoms with E-state index < -0.39 is 11.4 Å². The van der Waals surface area contributed by atoms with Crippen LogP contribution in [0.25, 0.3) is 0 Å². The number of fused-ring (bicyclic) bond motifs is 3. The SMILES string of the molecule is O=S1OC2CCCC(N3c4ccccc4Oc4ccccc43)C2O1. The third-order valence-corrected chi connectivity index (χ3v) is 5.71. The van der Waals surface area contributed by atoms with Crippen LogP contribution >= 0.6 is 0 Å². The molecule has 2 aromatic rings. The first kappa shape index (κ1) is 14.5. The van der Waals surface area contributed by atoms with E-state index in [1.807, 2.05) is 36.4 Å². The lowest BCUT2D eigenvalue weighted by Gasteiger charge is -2.42. The summed E-state index contributed by atoms with van der Waals surface area (Å²) < 4.78 is 28.9. The van der Waals surface area contributed by atoms with Crippen LogP contribution in [-0.4, -0.2) is 22.5 Å². The summed E-state index contributed by atoms with van der Waals surface area (Å²) in [4.78, 5) is 2.27. The maximum absolute atomic E-state index is 11.8.